The fourth-order valence-electron chi connectivity index (χ4n) is 5.13. The highest BCUT2D eigenvalue weighted by Crippen LogP contribution is 2.43. The summed E-state index contributed by atoms with van der Waals surface area (Å²) < 4.78 is 32.6. The Morgan fingerprint density at radius 2 is 1.00 bits per heavy atom. The van der Waals surface area contributed by atoms with Gasteiger partial charge in [-0.1, -0.05) is 132 Å². The number of esters is 2. The van der Waals surface area contributed by atoms with Crippen LogP contribution in [-0.2, 0) is 32.7 Å². The van der Waals surface area contributed by atoms with Gasteiger partial charge in [0.05, 0.1) is 19.8 Å². The first kappa shape index (κ1) is 52.4. The van der Waals surface area contributed by atoms with Crippen molar-refractivity contribution in [3.05, 3.63) is 72.9 Å². The molecule has 3 atom stereocenters. The SMILES string of the molecule is CCC=CCC=CCC=CCC=CCC=CCCCCCC(=O)OC(COC(=O)CCCCCCCC=CCCCCCC)COP(=O)(O)OCC(O)CO. The minimum atomic E-state index is -4.63. The number of aliphatic hydroxyl groups excluding tert-OH is 2. The summed E-state index contributed by atoms with van der Waals surface area (Å²) in [5.41, 5.74) is 0. The van der Waals surface area contributed by atoms with Crippen molar-refractivity contribution in [1.29, 1.82) is 0 Å². The third kappa shape index (κ3) is 39.4. The molecule has 0 heterocycles. The maximum atomic E-state index is 12.6. The minimum absolute atomic E-state index is 0.140. The average molecular weight is 795 g/mol. The Morgan fingerprint density at radius 3 is 1.55 bits per heavy atom. The topological polar surface area (TPSA) is 149 Å². The highest BCUT2D eigenvalue weighted by Gasteiger charge is 2.27. The number of phosphoric ester groups is 1. The van der Waals surface area contributed by atoms with Crippen molar-refractivity contribution >= 4 is 19.8 Å². The van der Waals surface area contributed by atoms with Gasteiger partial charge in [-0.05, 0) is 83.5 Å². The first-order chi connectivity index (χ1) is 26.7. The van der Waals surface area contributed by atoms with Crippen molar-refractivity contribution < 1.29 is 47.8 Å². The van der Waals surface area contributed by atoms with Crippen LogP contribution in [-0.4, -0.2) is 65.7 Å². The van der Waals surface area contributed by atoms with Crippen LogP contribution in [0.15, 0.2) is 72.9 Å². The lowest BCUT2D eigenvalue weighted by atomic mass is 10.1. The summed E-state index contributed by atoms with van der Waals surface area (Å²) in [6.45, 7) is 2.18. The third-order valence-corrected chi connectivity index (χ3v) is 9.30. The summed E-state index contributed by atoms with van der Waals surface area (Å²) in [6, 6.07) is 0. The highest BCUT2D eigenvalue weighted by molar-refractivity contribution is 7.47. The van der Waals surface area contributed by atoms with E-state index in [1.807, 2.05) is 0 Å². The molecule has 0 rings (SSSR count). The van der Waals surface area contributed by atoms with Gasteiger partial charge in [-0.3, -0.25) is 18.6 Å². The molecule has 0 saturated heterocycles. The quantitative estimate of drug-likeness (QED) is 0.0239. The monoisotopic (exact) mass is 795 g/mol. The second-order valence-corrected chi connectivity index (χ2v) is 15.1. The molecule has 316 valence electrons. The maximum Gasteiger partial charge on any atom is 0.472 e. The fraction of sp³-hybridized carbons (Fsp3) is 0.682. The number of phosphoric acid groups is 1. The lowest BCUT2D eigenvalue weighted by Crippen LogP contribution is -2.29. The Balaban J connectivity index is 4.41. The number of hydrogen-bond acceptors (Lipinski definition) is 9. The second kappa shape index (κ2) is 39.6. The molecule has 0 saturated carbocycles. The molecular weight excluding hydrogens is 719 g/mol. The maximum absolute atomic E-state index is 12.6. The van der Waals surface area contributed by atoms with E-state index in [0.29, 0.717) is 12.8 Å². The molecule has 3 unspecified atom stereocenters. The molecular formula is C44H75O10P. The Labute approximate surface area is 333 Å². The first-order valence-corrected chi connectivity index (χ1v) is 22.4. The molecule has 0 fully saturated rings. The van der Waals surface area contributed by atoms with Crippen molar-refractivity contribution in [2.45, 2.75) is 167 Å². The van der Waals surface area contributed by atoms with Crippen molar-refractivity contribution in [2.24, 2.45) is 0 Å². The molecule has 11 heteroatoms. The number of carbonyl (C=O) groups is 2. The van der Waals surface area contributed by atoms with E-state index in [-0.39, 0.29) is 19.4 Å². The van der Waals surface area contributed by atoms with Gasteiger partial charge in [-0.2, -0.15) is 0 Å². The van der Waals surface area contributed by atoms with Crippen LogP contribution in [0.3, 0.4) is 0 Å². The molecule has 0 aliphatic carbocycles. The van der Waals surface area contributed by atoms with Crippen LogP contribution in [0.4, 0.5) is 0 Å². The number of allylic oxidation sites excluding steroid dienone is 12. The van der Waals surface area contributed by atoms with Crippen LogP contribution in [0.5, 0.6) is 0 Å². The number of hydrogen-bond donors (Lipinski definition) is 3. The molecule has 0 spiro atoms. The van der Waals surface area contributed by atoms with Crippen LogP contribution < -0.4 is 0 Å². The van der Waals surface area contributed by atoms with Gasteiger partial charge in [0.15, 0.2) is 6.10 Å². The predicted molar refractivity (Wildman–Crippen MR) is 223 cm³/mol. The van der Waals surface area contributed by atoms with Gasteiger partial charge >= 0.3 is 19.8 Å². The van der Waals surface area contributed by atoms with E-state index in [4.69, 9.17) is 19.1 Å². The molecule has 0 aromatic rings. The molecule has 0 aliphatic heterocycles. The van der Waals surface area contributed by atoms with Crippen LogP contribution in [0.2, 0.25) is 0 Å². The van der Waals surface area contributed by atoms with Crippen molar-refractivity contribution in [3.63, 3.8) is 0 Å². The summed E-state index contributed by atoms with van der Waals surface area (Å²) in [7, 11) is -4.63. The molecule has 0 aromatic heterocycles. The Morgan fingerprint density at radius 1 is 0.564 bits per heavy atom. The van der Waals surface area contributed by atoms with Crippen LogP contribution in [0, 0.1) is 0 Å². The normalized spacial score (nSPS) is 14.6. The molecule has 0 bridgehead atoms. The number of carbonyl (C=O) groups excluding carboxylic acids is 2. The molecule has 3 N–H and O–H groups in total. The van der Waals surface area contributed by atoms with E-state index in [0.717, 1.165) is 89.9 Å². The lowest BCUT2D eigenvalue weighted by molar-refractivity contribution is -0.161. The number of rotatable bonds is 38. The van der Waals surface area contributed by atoms with E-state index >= 15 is 0 Å². The zero-order chi connectivity index (χ0) is 40.5. The minimum Gasteiger partial charge on any atom is -0.462 e. The third-order valence-electron chi connectivity index (χ3n) is 8.34. The van der Waals surface area contributed by atoms with Crippen molar-refractivity contribution in [2.75, 3.05) is 26.4 Å². The lowest BCUT2D eigenvalue weighted by Gasteiger charge is -2.20. The number of aliphatic hydroxyl groups is 2. The Bertz CT molecular complexity index is 1140. The molecule has 0 radical (unpaired) electrons. The van der Waals surface area contributed by atoms with E-state index in [1.165, 1.54) is 25.7 Å². The molecule has 10 nitrogen and oxygen atoms in total. The summed E-state index contributed by atoms with van der Waals surface area (Å²) >= 11 is 0. The van der Waals surface area contributed by atoms with Crippen molar-refractivity contribution in [3.8, 4) is 0 Å². The second-order valence-electron chi connectivity index (χ2n) is 13.6. The van der Waals surface area contributed by atoms with Crippen LogP contribution >= 0.6 is 7.82 Å². The summed E-state index contributed by atoms with van der Waals surface area (Å²) in [5, 5.41) is 18.3. The van der Waals surface area contributed by atoms with Crippen molar-refractivity contribution in [1.82, 2.24) is 0 Å². The largest absolute Gasteiger partial charge is 0.472 e. The highest BCUT2D eigenvalue weighted by atomic mass is 31.2. The smallest absolute Gasteiger partial charge is 0.462 e. The van der Waals surface area contributed by atoms with Gasteiger partial charge in [-0.25, -0.2) is 4.57 Å². The van der Waals surface area contributed by atoms with Gasteiger partial charge in [0.1, 0.15) is 12.7 Å². The van der Waals surface area contributed by atoms with Gasteiger partial charge < -0.3 is 24.6 Å². The van der Waals surface area contributed by atoms with Gasteiger partial charge in [0.25, 0.3) is 0 Å². The Kier molecular flexibility index (Phi) is 37.8. The Hall–Kier alpha value is -2.59. The zero-order valence-corrected chi connectivity index (χ0v) is 35.0. The summed E-state index contributed by atoms with van der Waals surface area (Å²) in [4.78, 5) is 34.9. The molecule has 0 amide bonds. The number of ether oxygens (including phenoxy) is 2. The van der Waals surface area contributed by atoms with E-state index in [2.05, 4.69) is 91.3 Å². The molecule has 55 heavy (non-hydrogen) atoms. The molecule has 0 aliphatic rings. The summed E-state index contributed by atoms with van der Waals surface area (Å²) in [6.07, 6.45) is 44.4. The van der Waals surface area contributed by atoms with Gasteiger partial charge in [-0.15, -0.1) is 0 Å². The zero-order valence-electron chi connectivity index (χ0n) is 34.1. The average Bonchev–Trinajstić information content (AvgIpc) is 3.17. The number of unbranched alkanes of at least 4 members (excludes halogenated alkanes) is 12. The van der Waals surface area contributed by atoms with Crippen LogP contribution in [0.1, 0.15) is 155 Å². The van der Waals surface area contributed by atoms with E-state index in [1.54, 1.807) is 0 Å². The predicted octanol–water partition coefficient (Wildman–Crippen LogP) is 10.9. The summed E-state index contributed by atoms with van der Waals surface area (Å²) in [5.74, 6) is -0.980. The van der Waals surface area contributed by atoms with Crippen LogP contribution in [0.25, 0.3) is 0 Å². The fourth-order valence-corrected chi connectivity index (χ4v) is 5.92. The first-order valence-electron chi connectivity index (χ1n) is 20.9. The van der Waals surface area contributed by atoms with E-state index in [9.17, 15) is 24.2 Å². The molecule has 0 aromatic carbocycles. The van der Waals surface area contributed by atoms with E-state index < -0.39 is 51.8 Å². The standard InChI is InChI=1S/C44H75O10P/c1-3-5-7-9-11-13-15-17-18-19-20-21-22-24-26-28-30-32-34-36-44(48)54-42(40-53-55(49,50)52-38-41(46)37-45)39-51-43(47)35-33-31-29-27-25-23-16-14-12-10-8-6-4-2/h5,7,11,13-14,16-18,20-21,24,26,41-42,45-46H,3-4,6,8-10,12,15,19,22-23,25,27-40H2,1-2H3,(H,49,50). The van der Waals surface area contributed by atoms with Gasteiger partial charge in [0.2, 0.25) is 0 Å². The van der Waals surface area contributed by atoms with Gasteiger partial charge in [0, 0.05) is 12.8 Å².